The fourth-order valence-electron chi connectivity index (χ4n) is 5.63. The Morgan fingerprint density at radius 1 is 1.06 bits per heavy atom. The van der Waals surface area contributed by atoms with E-state index in [1.807, 2.05) is 63.4 Å². The summed E-state index contributed by atoms with van der Waals surface area (Å²) < 4.78 is 7.45. The molecule has 3 fully saturated rings. The third-order valence-corrected chi connectivity index (χ3v) is 8.60. The lowest BCUT2D eigenvalue weighted by Gasteiger charge is -2.42. The fourth-order valence-corrected chi connectivity index (χ4v) is 5.83. The van der Waals surface area contributed by atoms with Crippen LogP contribution >= 0.6 is 11.6 Å². The Hall–Kier alpha value is -4.15. The van der Waals surface area contributed by atoms with Crippen molar-refractivity contribution in [3.63, 3.8) is 0 Å². The summed E-state index contributed by atoms with van der Waals surface area (Å²) in [5.41, 5.74) is 5.21. The van der Waals surface area contributed by atoms with Gasteiger partial charge in [0.2, 0.25) is 6.41 Å². The summed E-state index contributed by atoms with van der Waals surface area (Å²) in [6, 6.07) is 13.8. The number of rotatable bonds is 9. The second kappa shape index (κ2) is 15.4. The van der Waals surface area contributed by atoms with E-state index in [0.717, 1.165) is 46.4 Å². The van der Waals surface area contributed by atoms with E-state index in [2.05, 4.69) is 40.0 Å². The molecule has 1 unspecified atom stereocenters. The molecule has 4 heterocycles. The van der Waals surface area contributed by atoms with Crippen molar-refractivity contribution < 1.29 is 19.4 Å². The number of nitrogens with one attached hydrogen (secondary N) is 2. The van der Waals surface area contributed by atoms with Crippen LogP contribution in [0, 0.1) is 5.92 Å². The number of carbonyl (C=O) groups excluding carboxylic acids is 2. The van der Waals surface area contributed by atoms with Gasteiger partial charge in [-0.1, -0.05) is 37.6 Å². The maximum Gasteiger partial charge on any atom is 0.410 e. The number of carbonyl (C=O) groups is 2. The standard InChI is InChI=1S/C26H32N6O4.C9H9Cl.C2H6/c1-26(2,3)36-25(35)32-12-18(13-32)23(34)21-8-17(16-4-5-16)11-31-14-20(30-24(21)31)10-28-19-6-7-27-22(9-19)29-15-33;10-9-3-1-2-8(6-9)7-4-5-7;1-2/h6-9,11,14-16,18,23,34H,4-5,10,12-13H2,1-3H3,(H2,27,28,29,33);1-3,6-7H,4-5H2;1-2H3. The predicted octanol–water partition coefficient (Wildman–Crippen LogP) is 7.93. The third kappa shape index (κ3) is 9.26. The number of likely N-dealkylation sites (tertiary alicyclic amines) is 1. The SMILES string of the molecule is CC.CC(C)(C)OC(=O)N1CC(C(O)c2cc(C3CC3)cn3cc(CNc4ccnc(NC=O)c4)nc23)C1.Clc1cccc(C2CC2)c1. The molecule has 1 aromatic carbocycles. The highest BCUT2D eigenvalue weighted by Crippen LogP contribution is 2.43. The van der Waals surface area contributed by atoms with Crippen molar-refractivity contribution in [1.29, 1.82) is 0 Å². The lowest BCUT2D eigenvalue weighted by Crippen LogP contribution is -2.53. The molecule has 1 saturated heterocycles. The number of hydrogen-bond donors (Lipinski definition) is 3. The molecule has 2 amide bonds. The zero-order valence-electron chi connectivity index (χ0n) is 28.4. The fraction of sp³-hybridized carbons (Fsp3) is 0.459. The predicted molar refractivity (Wildman–Crippen MR) is 189 cm³/mol. The molecule has 11 heteroatoms. The summed E-state index contributed by atoms with van der Waals surface area (Å²) >= 11 is 5.82. The first-order valence-corrected chi connectivity index (χ1v) is 17.3. The first kappa shape index (κ1) is 35.2. The van der Waals surface area contributed by atoms with Crippen molar-refractivity contribution in [1.82, 2.24) is 19.3 Å². The lowest BCUT2D eigenvalue weighted by atomic mass is 9.89. The number of aromatic nitrogens is 3. The summed E-state index contributed by atoms with van der Waals surface area (Å²) in [5.74, 6) is 1.73. The average Bonchev–Trinajstić information content (AvgIpc) is 3.97. The van der Waals surface area contributed by atoms with Crippen LogP contribution in [0.2, 0.25) is 5.02 Å². The molecule has 0 spiro atoms. The topological polar surface area (TPSA) is 121 Å². The zero-order chi connectivity index (χ0) is 34.4. The van der Waals surface area contributed by atoms with Crippen LogP contribution in [0.4, 0.5) is 16.3 Å². The normalized spacial score (nSPS) is 16.4. The molecule has 7 rings (SSSR count). The molecule has 4 aromatic rings. The maximum absolute atomic E-state index is 12.3. The van der Waals surface area contributed by atoms with Crippen LogP contribution in [0.5, 0.6) is 0 Å². The van der Waals surface area contributed by atoms with E-state index in [1.165, 1.54) is 24.0 Å². The van der Waals surface area contributed by atoms with E-state index in [-0.39, 0.29) is 12.0 Å². The van der Waals surface area contributed by atoms with Crippen LogP contribution in [-0.4, -0.2) is 55.6 Å². The molecule has 3 aliphatic rings. The van der Waals surface area contributed by atoms with Gasteiger partial charge in [0.15, 0.2) is 0 Å². The van der Waals surface area contributed by atoms with Gasteiger partial charge in [-0.15, -0.1) is 0 Å². The van der Waals surface area contributed by atoms with E-state index >= 15 is 0 Å². The van der Waals surface area contributed by atoms with Crippen molar-refractivity contribution in [2.24, 2.45) is 5.92 Å². The second-order valence-electron chi connectivity index (χ2n) is 13.4. The highest BCUT2D eigenvalue weighted by molar-refractivity contribution is 6.30. The van der Waals surface area contributed by atoms with Gasteiger partial charge in [0.25, 0.3) is 0 Å². The van der Waals surface area contributed by atoms with Gasteiger partial charge in [-0.2, -0.15) is 0 Å². The first-order chi connectivity index (χ1) is 23.1. The highest BCUT2D eigenvalue weighted by Gasteiger charge is 2.39. The Morgan fingerprint density at radius 3 is 2.42 bits per heavy atom. The summed E-state index contributed by atoms with van der Waals surface area (Å²) in [6.45, 7) is 10.9. The third-order valence-electron chi connectivity index (χ3n) is 8.36. The summed E-state index contributed by atoms with van der Waals surface area (Å²) in [6.07, 6.45) is 10.2. The molecule has 2 saturated carbocycles. The zero-order valence-corrected chi connectivity index (χ0v) is 29.2. The van der Waals surface area contributed by atoms with Crippen LogP contribution in [0.25, 0.3) is 5.65 Å². The molecule has 3 N–H and O–H groups in total. The van der Waals surface area contributed by atoms with E-state index < -0.39 is 11.7 Å². The molecular formula is C37H47ClN6O4. The molecule has 256 valence electrons. The van der Waals surface area contributed by atoms with E-state index in [1.54, 1.807) is 17.2 Å². The van der Waals surface area contributed by atoms with Gasteiger partial charge >= 0.3 is 6.09 Å². The van der Waals surface area contributed by atoms with Gasteiger partial charge in [-0.05, 0) is 93.7 Å². The number of nitrogens with zero attached hydrogens (tertiary/aromatic N) is 4. The number of halogens is 1. The molecule has 3 aromatic heterocycles. The number of ether oxygens (including phenoxy) is 1. The van der Waals surface area contributed by atoms with E-state index in [4.69, 9.17) is 21.3 Å². The number of aliphatic hydroxyl groups excluding tert-OH is 1. The van der Waals surface area contributed by atoms with Crippen LogP contribution in [-0.2, 0) is 16.1 Å². The molecule has 0 radical (unpaired) electrons. The molecule has 48 heavy (non-hydrogen) atoms. The quantitative estimate of drug-likeness (QED) is 0.154. The van der Waals surface area contributed by atoms with Gasteiger partial charge in [0.1, 0.15) is 17.1 Å². The Kier molecular flexibility index (Phi) is 11.3. The van der Waals surface area contributed by atoms with Gasteiger partial charge in [0.05, 0.1) is 18.3 Å². The molecule has 2 aliphatic carbocycles. The largest absolute Gasteiger partial charge is 0.444 e. The number of amides is 2. The summed E-state index contributed by atoms with van der Waals surface area (Å²) in [5, 5.41) is 18.0. The lowest BCUT2D eigenvalue weighted by molar-refractivity contribution is -0.105. The number of hydrogen-bond acceptors (Lipinski definition) is 7. The molecule has 10 nitrogen and oxygen atoms in total. The minimum Gasteiger partial charge on any atom is -0.444 e. The van der Waals surface area contributed by atoms with Crippen molar-refractivity contribution in [3.8, 4) is 0 Å². The minimum atomic E-state index is -0.731. The minimum absolute atomic E-state index is 0.0744. The van der Waals surface area contributed by atoms with Gasteiger partial charge in [-0.25, -0.2) is 14.8 Å². The number of imidazole rings is 1. The number of benzene rings is 1. The number of aliphatic hydroxyl groups is 1. The second-order valence-corrected chi connectivity index (χ2v) is 13.9. The van der Waals surface area contributed by atoms with Crippen molar-refractivity contribution in [3.05, 3.63) is 88.5 Å². The maximum atomic E-state index is 12.3. The highest BCUT2D eigenvalue weighted by atomic mass is 35.5. The Balaban J connectivity index is 0.000000316. The Labute approximate surface area is 287 Å². The number of pyridine rings is 2. The first-order valence-electron chi connectivity index (χ1n) is 16.9. The van der Waals surface area contributed by atoms with E-state index in [9.17, 15) is 14.7 Å². The van der Waals surface area contributed by atoms with Crippen LogP contribution in [0.15, 0.2) is 61.1 Å². The van der Waals surface area contributed by atoms with Crippen molar-refractivity contribution in [2.45, 2.75) is 90.4 Å². The van der Waals surface area contributed by atoms with Crippen LogP contribution < -0.4 is 10.6 Å². The van der Waals surface area contributed by atoms with Crippen LogP contribution in [0.3, 0.4) is 0 Å². The van der Waals surface area contributed by atoms with Gasteiger partial charge < -0.3 is 29.8 Å². The van der Waals surface area contributed by atoms with Gasteiger partial charge in [0, 0.05) is 59.9 Å². The molecular weight excluding hydrogens is 628 g/mol. The van der Waals surface area contributed by atoms with Crippen molar-refractivity contribution >= 4 is 41.3 Å². The molecule has 1 aliphatic heterocycles. The van der Waals surface area contributed by atoms with Gasteiger partial charge in [-0.3, -0.25) is 4.79 Å². The monoisotopic (exact) mass is 674 g/mol. The smallest absolute Gasteiger partial charge is 0.410 e. The number of fused-ring (bicyclic) bond motifs is 1. The van der Waals surface area contributed by atoms with Crippen molar-refractivity contribution in [2.75, 3.05) is 23.7 Å². The number of anilines is 2. The Morgan fingerprint density at radius 2 is 1.77 bits per heavy atom. The summed E-state index contributed by atoms with van der Waals surface area (Å²) in [7, 11) is 0. The van der Waals surface area contributed by atoms with E-state index in [0.29, 0.717) is 37.8 Å². The summed E-state index contributed by atoms with van der Waals surface area (Å²) in [4.78, 5) is 33.5. The molecule has 1 atom stereocenters. The molecule has 0 bridgehead atoms. The average molecular weight is 675 g/mol. The Bertz CT molecular complexity index is 1710. The van der Waals surface area contributed by atoms with Crippen LogP contribution in [0.1, 0.15) is 101 Å².